The van der Waals surface area contributed by atoms with Gasteiger partial charge in [-0.2, -0.15) is 5.26 Å². The van der Waals surface area contributed by atoms with Gasteiger partial charge in [0, 0.05) is 5.92 Å². The summed E-state index contributed by atoms with van der Waals surface area (Å²) in [5.41, 5.74) is 1.11. The van der Waals surface area contributed by atoms with E-state index in [9.17, 15) is 4.79 Å². The summed E-state index contributed by atoms with van der Waals surface area (Å²) in [6.45, 7) is 5.47. The van der Waals surface area contributed by atoms with Gasteiger partial charge in [-0.25, -0.2) is 0 Å². The topological polar surface area (TPSA) is 50.1 Å². The van der Waals surface area contributed by atoms with E-state index in [1.165, 1.54) is 0 Å². The van der Waals surface area contributed by atoms with Crippen molar-refractivity contribution < 1.29 is 9.53 Å². The first-order valence-electron chi connectivity index (χ1n) is 5.21. The molecule has 3 nitrogen and oxygen atoms in total. The molecule has 0 heterocycles. The summed E-state index contributed by atoms with van der Waals surface area (Å²) in [7, 11) is 0. The van der Waals surface area contributed by atoms with Crippen molar-refractivity contribution >= 4 is 5.78 Å². The molecule has 1 aromatic rings. The third-order valence-electron chi connectivity index (χ3n) is 2.22. The first-order chi connectivity index (χ1) is 7.54. The summed E-state index contributed by atoms with van der Waals surface area (Å²) in [4.78, 5) is 11.6. The van der Waals surface area contributed by atoms with Crippen molar-refractivity contribution in [2.45, 2.75) is 26.9 Å². The van der Waals surface area contributed by atoms with Gasteiger partial charge in [0.2, 0.25) is 6.10 Å². The molecule has 0 aliphatic rings. The number of aryl methyl sites for hydroxylation is 1. The lowest BCUT2D eigenvalue weighted by molar-refractivity contribution is -0.126. The van der Waals surface area contributed by atoms with E-state index in [-0.39, 0.29) is 11.7 Å². The summed E-state index contributed by atoms with van der Waals surface area (Å²) in [6.07, 6.45) is -1.01. The van der Waals surface area contributed by atoms with Crippen molar-refractivity contribution in [2.75, 3.05) is 0 Å². The zero-order chi connectivity index (χ0) is 12.1. The van der Waals surface area contributed by atoms with Gasteiger partial charge in [0.1, 0.15) is 11.8 Å². The number of ether oxygens (including phenoxy) is 1. The highest BCUT2D eigenvalue weighted by molar-refractivity contribution is 5.87. The van der Waals surface area contributed by atoms with Crippen LogP contribution in [0.15, 0.2) is 24.3 Å². The number of nitrogens with zero attached hydrogens (tertiary/aromatic N) is 1. The Balaban J connectivity index is 2.75. The Bertz CT molecular complexity index is 401. The zero-order valence-electron chi connectivity index (χ0n) is 9.73. The molecule has 0 fully saturated rings. The van der Waals surface area contributed by atoms with Gasteiger partial charge in [-0.1, -0.05) is 31.5 Å². The molecule has 1 atom stereocenters. The summed E-state index contributed by atoms with van der Waals surface area (Å²) >= 11 is 0. The minimum absolute atomic E-state index is 0.192. The van der Waals surface area contributed by atoms with Gasteiger partial charge in [0.05, 0.1) is 0 Å². The molecule has 0 aliphatic carbocycles. The zero-order valence-corrected chi connectivity index (χ0v) is 9.73. The number of carbonyl (C=O) groups is 1. The molecule has 1 unspecified atom stereocenters. The SMILES string of the molecule is Cc1ccc(OC(C#N)C(=O)C(C)C)cc1. The predicted octanol–water partition coefficient (Wildman–Crippen LogP) is 2.49. The van der Waals surface area contributed by atoms with E-state index in [4.69, 9.17) is 10.00 Å². The predicted molar refractivity (Wildman–Crippen MR) is 61.1 cm³/mol. The van der Waals surface area contributed by atoms with Crippen LogP contribution >= 0.6 is 0 Å². The maximum Gasteiger partial charge on any atom is 0.242 e. The molecule has 0 saturated heterocycles. The fourth-order valence-electron chi connectivity index (χ4n) is 1.20. The van der Waals surface area contributed by atoms with Crippen LogP contribution in [-0.4, -0.2) is 11.9 Å². The van der Waals surface area contributed by atoms with Gasteiger partial charge in [0.15, 0.2) is 5.78 Å². The van der Waals surface area contributed by atoms with Crippen LogP contribution in [0.1, 0.15) is 19.4 Å². The molecule has 1 aromatic carbocycles. The quantitative estimate of drug-likeness (QED) is 0.778. The molecule has 0 spiro atoms. The molecule has 0 aliphatic heterocycles. The number of rotatable bonds is 4. The third kappa shape index (κ3) is 3.09. The molecule has 0 saturated carbocycles. The van der Waals surface area contributed by atoms with Gasteiger partial charge in [-0.05, 0) is 19.1 Å². The van der Waals surface area contributed by atoms with Crippen LogP contribution in [0.25, 0.3) is 0 Å². The van der Waals surface area contributed by atoms with Crippen LogP contribution in [-0.2, 0) is 4.79 Å². The molecule has 0 amide bonds. The van der Waals surface area contributed by atoms with E-state index in [1.54, 1.807) is 26.0 Å². The van der Waals surface area contributed by atoms with Gasteiger partial charge in [0.25, 0.3) is 0 Å². The normalized spacial score (nSPS) is 11.9. The maximum atomic E-state index is 11.6. The standard InChI is InChI=1S/C13H15NO2/c1-9(2)13(15)12(8-14)16-11-6-4-10(3)5-7-11/h4-7,9,12H,1-3H3. The lowest BCUT2D eigenvalue weighted by atomic mass is 10.1. The number of hydrogen-bond donors (Lipinski definition) is 0. The van der Waals surface area contributed by atoms with E-state index in [2.05, 4.69) is 0 Å². The number of carbonyl (C=O) groups excluding carboxylic acids is 1. The summed E-state index contributed by atoms with van der Waals surface area (Å²) < 4.78 is 5.33. The highest BCUT2D eigenvalue weighted by atomic mass is 16.5. The average Bonchev–Trinajstić information content (AvgIpc) is 2.27. The minimum Gasteiger partial charge on any atom is -0.468 e. The number of ketones is 1. The number of benzene rings is 1. The molecule has 1 rings (SSSR count). The Morgan fingerprint density at radius 1 is 1.31 bits per heavy atom. The summed E-state index contributed by atoms with van der Waals surface area (Å²) in [5.74, 6) is 0.157. The second kappa shape index (κ2) is 5.32. The molecular formula is C13H15NO2. The van der Waals surface area contributed by atoms with Crippen LogP contribution in [0, 0.1) is 24.2 Å². The van der Waals surface area contributed by atoms with Gasteiger partial charge >= 0.3 is 0 Å². The van der Waals surface area contributed by atoms with Gasteiger partial charge in [-0.3, -0.25) is 4.79 Å². The lowest BCUT2D eigenvalue weighted by Crippen LogP contribution is -2.29. The fourth-order valence-corrected chi connectivity index (χ4v) is 1.20. The Hall–Kier alpha value is -1.82. The van der Waals surface area contributed by atoms with Crippen molar-refractivity contribution in [3.05, 3.63) is 29.8 Å². The van der Waals surface area contributed by atoms with Crippen molar-refractivity contribution in [1.82, 2.24) is 0 Å². The van der Waals surface area contributed by atoms with E-state index < -0.39 is 6.10 Å². The fraction of sp³-hybridized carbons (Fsp3) is 0.385. The van der Waals surface area contributed by atoms with Crippen molar-refractivity contribution in [2.24, 2.45) is 5.92 Å². The van der Waals surface area contributed by atoms with E-state index in [0.717, 1.165) is 5.56 Å². The Labute approximate surface area is 95.7 Å². The second-order valence-corrected chi connectivity index (χ2v) is 4.00. The lowest BCUT2D eigenvalue weighted by Gasteiger charge is -2.13. The highest BCUT2D eigenvalue weighted by Crippen LogP contribution is 2.14. The maximum absolute atomic E-state index is 11.6. The molecule has 0 N–H and O–H groups in total. The number of nitriles is 1. The molecule has 16 heavy (non-hydrogen) atoms. The van der Waals surface area contributed by atoms with Gasteiger partial charge in [-0.15, -0.1) is 0 Å². The third-order valence-corrected chi connectivity index (χ3v) is 2.22. The minimum atomic E-state index is -1.01. The molecular weight excluding hydrogens is 202 g/mol. The van der Waals surface area contributed by atoms with Crippen molar-refractivity contribution in [3.8, 4) is 11.8 Å². The van der Waals surface area contributed by atoms with Gasteiger partial charge < -0.3 is 4.74 Å². The summed E-state index contributed by atoms with van der Waals surface area (Å²) in [6, 6.07) is 9.15. The Morgan fingerprint density at radius 3 is 2.31 bits per heavy atom. The molecule has 84 valence electrons. The summed E-state index contributed by atoms with van der Waals surface area (Å²) in [5, 5.41) is 8.87. The number of hydrogen-bond acceptors (Lipinski definition) is 3. The highest BCUT2D eigenvalue weighted by Gasteiger charge is 2.22. The average molecular weight is 217 g/mol. The first-order valence-corrected chi connectivity index (χ1v) is 5.21. The number of Topliss-reactive ketones (excluding diaryl/α,β-unsaturated/α-hetero) is 1. The van der Waals surface area contributed by atoms with Crippen LogP contribution in [0.3, 0.4) is 0 Å². The molecule has 0 radical (unpaired) electrons. The van der Waals surface area contributed by atoms with Crippen LogP contribution in [0.4, 0.5) is 0 Å². The molecule has 0 aromatic heterocycles. The Morgan fingerprint density at radius 2 is 1.88 bits per heavy atom. The largest absolute Gasteiger partial charge is 0.468 e. The van der Waals surface area contributed by atoms with E-state index in [0.29, 0.717) is 5.75 Å². The molecule has 0 bridgehead atoms. The Kier molecular flexibility index (Phi) is 4.07. The second-order valence-electron chi connectivity index (χ2n) is 4.00. The first kappa shape index (κ1) is 12.3. The van der Waals surface area contributed by atoms with Crippen LogP contribution < -0.4 is 4.74 Å². The van der Waals surface area contributed by atoms with Crippen LogP contribution in [0.5, 0.6) is 5.75 Å². The van der Waals surface area contributed by atoms with E-state index >= 15 is 0 Å². The molecule has 3 heteroatoms. The van der Waals surface area contributed by atoms with E-state index in [1.807, 2.05) is 25.1 Å². The van der Waals surface area contributed by atoms with Crippen molar-refractivity contribution in [3.63, 3.8) is 0 Å². The monoisotopic (exact) mass is 217 g/mol. The van der Waals surface area contributed by atoms with Crippen LogP contribution in [0.2, 0.25) is 0 Å². The smallest absolute Gasteiger partial charge is 0.242 e. The van der Waals surface area contributed by atoms with Crippen molar-refractivity contribution in [1.29, 1.82) is 5.26 Å².